The summed E-state index contributed by atoms with van der Waals surface area (Å²) in [4.78, 5) is 79.0. The number of carbonyl (C=O) groups is 8. The summed E-state index contributed by atoms with van der Waals surface area (Å²) in [5.41, 5.74) is 19.8. The molecule has 43 heavy (non-hydrogen) atoms. The van der Waals surface area contributed by atoms with Crippen LogP contribution in [0.5, 0.6) is 0 Å². The molecule has 0 aliphatic carbocycles. The maximum Gasteiger partial charge on any atom is 2.00 e. The minimum atomic E-state index is -1.42. The van der Waals surface area contributed by atoms with Crippen LogP contribution in [-0.2, 0) is 38.4 Å². The predicted molar refractivity (Wildman–Crippen MR) is 125 cm³/mol. The summed E-state index contributed by atoms with van der Waals surface area (Å²) < 4.78 is 0. The van der Waals surface area contributed by atoms with Crippen molar-refractivity contribution in [2.24, 2.45) is 22.9 Å². The number of carbonyl (C=O) groups excluding carboxylic acids is 4. The van der Waals surface area contributed by atoms with Crippen molar-refractivity contribution in [3.8, 4) is 0 Å². The first-order valence-electron chi connectivity index (χ1n) is 10.9. The molecule has 20 nitrogen and oxygen atoms in total. The Bertz CT molecular complexity index is 733. The van der Waals surface area contributed by atoms with Gasteiger partial charge in [-0.25, -0.2) is 0 Å². The maximum absolute atomic E-state index is 9.88. The molecule has 0 unspecified atom stereocenters. The van der Waals surface area contributed by atoms with Crippen LogP contribution >= 0.6 is 0 Å². The van der Waals surface area contributed by atoms with Crippen molar-refractivity contribution in [2.45, 2.75) is 75.5 Å². The molecule has 23 heteroatoms. The van der Waals surface area contributed by atoms with Gasteiger partial charge in [0.1, 0.15) is 0 Å². The second kappa shape index (κ2) is 35.3. The van der Waals surface area contributed by atoms with E-state index in [1.165, 1.54) is 0 Å². The van der Waals surface area contributed by atoms with Crippen molar-refractivity contribution in [1.29, 1.82) is 0 Å². The molecule has 0 fully saturated rings. The van der Waals surface area contributed by atoms with E-state index in [9.17, 15) is 58.8 Å². The smallest absolute Gasteiger partial charge is 0.548 e. The first-order valence-corrected chi connectivity index (χ1v) is 10.9. The van der Waals surface area contributed by atoms with E-state index in [0.717, 1.165) is 0 Å². The Labute approximate surface area is 319 Å². The second-order valence-corrected chi connectivity index (χ2v) is 7.43. The van der Waals surface area contributed by atoms with Gasteiger partial charge in [-0.3, -0.25) is 19.2 Å². The Kier molecular flexibility index (Phi) is 47.3. The van der Waals surface area contributed by atoms with Crippen LogP contribution in [0.3, 0.4) is 0 Å². The molecule has 0 bridgehead atoms. The van der Waals surface area contributed by atoms with E-state index in [2.05, 4.69) is 0 Å². The first-order chi connectivity index (χ1) is 18.1. The molecular formula is C20H32CaN4Na2O16. The molecule has 0 aromatic carbocycles. The van der Waals surface area contributed by atoms with Gasteiger partial charge in [0.05, 0.1) is 23.9 Å². The predicted octanol–water partition coefficient (Wildman–Crippen LogP) is -14.7. The van der Waals surface area contributed by atoms with E-state index in [1.54, 1.807) is 0 Å². The van der Waals surface area contributed by atoms with Crippen molar-refractivity contribution >= 4 is 85.5 Å². The van der Waals surface area contributed by atoms with Crippen LogP contribution in [0.2, 0.25) is 0 Å². The summed E-state index contributed by atoms with van der Waals surface area (Å²) in [6.45, 7) is 0. The van der Waals surface area contributed by atoms with Crippen molar-refractivity contribution in [3.63, 3.8) is 0 Å². The minimum absolute atomic E-state index is 0. The fraction of sp³-hybridized carbons (Fsp3) is 0.600. The summed E-state index contributed by atoms with van der Waals surface area (Å²) in [7, 11) is 0. The molecule has 0 amide bonds. The Hall–Kier alpha value is -1.14. The fourth-order valence-corrected chi connectivity index (χ4v) is 1.59. The van der Waals surface area contributed by atoms with Crippen LogP contribution in [0, 0.1) is 0 Å². The van der Waals surface area contributed by atoms with Crippen LogP contribution in [-0.4, -0.2) is 130 Å². The summed E-state index contributed by atoms with van der Waals surface area (Å²) >= 11 is 0. The van der Waals surface area contributed by atoms with Gasteiger partial charge >= 0.3 is 121 Å². The van der Waals surface area contributed by atoms with E-state index >= 15 is 0 Å². The van der Waals surface area contributed by atoms with Crippen molar-refractivity contribution < 1.29 is 138 Å². The molecule has 0 aromatic heterocycles. The molecule has 232 valence electrons. The minimum Gasteiger partial charge on any atom is -0.548 e. The van der Waals surface area contributed by atoms with Gasteiger partial charge in [-0.1, -0.05) is 0 Å². The van der Waals surface area contributed by atoms with E-state index in [0.29, 0.717) is 0 Å². The number of nitrogens with two attached hydrogens (primary N) is 4. The van der Waals surface area contributed by atoms with Gasteiger partial charge in [0.2, 0.25) is 0 Å². The monoisotopic (exact) mass is 670 g/mol. The van der Waals surface area contributed by atoms with Crippen LogP contribution in [0.15, 0.2) is 0 Å². The summed E-state index contributed by atoms with van der Waals surface area (Å²) in [6, 6.07) is -4.68. The Morgan fingerprint density at radius 3 is 0.605 bits per heavy atom. The third-order valence-corrected chi connectivity index (χ3v) is 3.89. The normalized spacial score (nSPS) is 11.6. The number of rotatable bonds is 16. The van der Waals surface area contributed by atoms with E-state index in [-0.39, 0.29) is 148 Å². The Balaban J connectivity index is -0.0000000785. The van der Waals surface area contributed by atoms with Gasteiger partial charge in [-0.2, -0.15) is 0 Å². The van der Waals surface area contributed by atoms with Crippen molar-refractivity contribution in [2.75, 3.05) is 0 Å². The first kappa shape index (κ1) is 57.5. The molecule has 0 aliphatic heterocycles. The number of aliphatic carboxylic acids is 8. The Morgan fingerprint density at radius 1 is 0.419 bits per heavy atom. The molecule has 0 heterocycles. The van der Waals surface area contributed by atoms with Crippen LogP contribution in [0.25, 0.3) is 0 Å². The molecule has 0 spiro atoms. The number of hydrogen-bond donors (Lipinski definition) is 8. The topological polar surface area (TPSA) is 414 Å². The van der Waals surface area contributed by atoms with Crippen molar-refractivity contribution in [1.82, 2.24) is 0 Å². The molecule has 0 radical (unpaired) electrons. The van der Waals surface area contributed by atoms with Gasteiger partial charge < -0.3 is 83.0 Å². The number of hydrogen-bond acceptors (Lipinski definition) is 16. The van der Waals surface area contributed by atoms with Gasteiger partial charge in [-0.15, -0.1) is 0 Å². The fourth-order valence-electron chi connectivity index (χ4n) is 1.59. The zero-order valence-electron chi connectivity index (χ0n) is 23.7. The third kappa shape index (κ3) is 50.8. The largest absolute Gasteiger partial charge is 2.00 e. The maximum atomic E-state index is 9.88. The average molecular weight is 671 g/mol. The molecule has 0 saturated carbocycles. The van der Waals surface area contributed by atoms with Crippen LogP contribution in [0.1, 0.15) is 51.4 Å². The van der Waals surface area contributed by atoms with Gasteiger partial charge in [0, 0.05) is 49.9 Å². The second-order valence-electron chi connectivity index (χ2n) is 7.43. The van der Waals surface area contributed by atoms with Crippen LogP contribution < -0.4 is 102 Å². The molecule has 0 aromatic rings. The summed E-state index contributed by atoms with van der Waals surface area (Å²) in [5.74, 6) is -9.90. The average Bonchev–Trinajstić information content (AvgIpc) is 2.83. The molecule has 0 saturated heterocycles. The third-order valence-electron chi connectivity index (χ3n) is 3.89. The van der Waals surface area contributed by atoms with Gasteiger partial charge in [0.25, 0.3) is 0 Å². The summed E-state index contributed by atoms with van der Waals surface area (Å²) in [6.07, 6.45) is -1.31. The van der Waals surface area contributed by atoms with Crippen LogP contribution in [0.4, 0.5) is 0 Å². The van der Waals surface area contributed by atoms with E-state index in [1.807, 2.05) is 0 Å². The van der Waals surface area contributed by atoms with E-state index < -0.39 is 71.9 Å². The zero-order chi connectivity index (χ0) is 32.6. The molecule has 0 aliphatic rings. The van der Waals surface area contributed by atoms with E-state index in [4.69, 9.17) is 43.4 Å². The molecule has 4 atom stereocenters. The number of carboxylic acid groups (broad SMARTS) is 8. The zero-order valence-corrected chi connectivity index (χ0v) is 29.9. The molecular weight excluding hydrogens is 638 g/mol. The quantitative estimate of drug-likeness (QED) is 0.0706. The standard InChI is InChI=1S/4C5H9NO4.Ca.2Na/c4*6-3(5(9)10)1-2-4(7)8;;;/h4*3H,1-2,6H2,(H,7,8)(H,9,10);;;/q;;;;+2;2*+1/p-4/t4*3-;;;/m0000.../s1. The molecule has 12 N–H and O–H groups in total. The van der Waals surface area contributed by atoms with Crippen molar-refractivity contribution in [3.05, 3.63) is 0 Å². The van der Waals surface area contributed by atoms with Gasteiger partial charge in [-0.05, 0) is 25.7 Å². The summed E-state index contributed by atoms with van der Waals surface area (Å²) in [5, 5.41) is 71.8. The Morgan fingerprint density at radius 2 is 0.535 bits per heavy atom. The van der Waals surface area contributed by atoms with Gasteiger partial charge in [0.15, 0.2) is 0 Å². The molecule has 0 rings (SSSR count). The number of carboxylic acids is 8. The SMILES string of the molecule is N[C@@H](CCC(=O)O)C(=O)[O-].N[C@@H](CCC(=O)O)C(=O)[O-].N[C@@H](CCC(=O)O)C(=O)[O-].N[C@@H](CCC(=O)O)C(=O)[O-].[Ca+2].[Na+].[Na+].